The van der Waals surface area contributed by atoms with Crippen LogP contribution in [0.15, 0.2) is 28.1 Å². The van der Waals surface area contributed by atoms with Gasteiger partial charge in [0.25, 0.3) is 0 Å². The first-order valence-corrected chi connectivity index (χ1v) is 8.19. The summed E-state index contributed by atoms with van der Waals surface area (Å²) in [5.74, 6) is 0.591. The molecule has 2 aromatic heterocycles. The lowest BCUT2D eigenvalue weighted by Gasteiger charge is -2.35. The number of rotatable bonds is 5. The van der Waals surface area contributed by atoms with Gasteiger partial charge in [0.15, 0.2) is 5.82 Å². The Morgan fingerprint density at radius 2 is 2.13 bits per heavy atom. The van der Waals surface area contributed by atoms with Crippen molar-refractivity contribution in [3.05, 3.63) is 34.2 Å². The number of anilines is 1. The Bertz CT molecular complexity index is 671. The van der Waals surface area contributed by atoms with Crippen molar-refractivity contribution < 1.29 is 14.1 Å². The predicted octanol–water partition coefficient (Wildman–Crippen LogP) is 2.85. The number of nitrogens with zero attached hydrogens (tertiary/aromatic N) is 2. The van der Waals surface area contributed by atoms with E-state index in [0.717, 1.165) is 4.88 Å². The topological polar surface area (TPSA) is 75.4 Å². The Kier molecular flexibility index (Phi) is 5.20. The quantitative estimate of drug-likeness (QED) is 0.911. The summed E-state index contributed by atoms with van der Waals surface area (Å²) in [4.78, 5) is 27.3. The highest BCUT2D eigenvalue weighted by Gasteiger charge is 2.28. The van der Waals surface area contributed by atoms with E-state index in [-0.39, 0.29) is 18.4 Å². The number of carbonyl (C=O) groups excluding carboxylic acids is 2. The molecule has 0 aliphatic rings. The molecule has 2 amide bonds. The van der Waals surface area contributed by atoms with Crippen LogP contribution in [0, 0.1) is 6.92 Å². The van der Waals surface area contributed by atoms with Crippen molar-refractivity contribution in [1.29, 1.82) is 0 Å². The molecule has 0 bridgehead atoms. The molecule has 6 nitrogen and oxygen atoms in total. The molecule has 7 heteroatoms. The van der Waals surface area contributed by atoms with Crippen LogP contribution in [-0.2, 0) is 16.0 Å². The van der Waals surface area contributed by atoms with E-state index in [2.05, 4.69) is 10.5 Å². The maximum atomic E-state index is 12.6. The van der Waals surface area contributed by atoms with Gasteiger partial charge in [0.1, 0.15) is 12.3 Å². The van der Waals surface area contributed by atoms with Crippen LogP contribution in [-0.4, -0.2) is 34.0 Å². The SMILES string of the molecule is Cc1cc(NC(=O)CN(C(=O)Cc2cccs2)C(C)(C)C)no1. The Morgan fingerprint density at radius 3 is 2.65 bits per heavy atom. The zero-order valence-corrected chi connectivity index (χ0v) is 14.6. The molecule has 2 aromatic rings. The standard InChI is InChI=1S/C16H21N3O3S/c1-11-8-13(18-22-11)17-14(20)10-19(16(2,3)4)15(21)9-12-6-5-7-23-12/h5-8H,9-10H2,1-4H3,(H,17,18,20). The highest BCUT2D eigenvalue weighted by atomic mass is 32.1. The molecule has 0 spiro atoms. The Balaban J connectivity index is 2.03. The maximum Gasteiger partial charge on any atom is 0.245 e. The molecule has 2 heterocycles. The summed E-state index contributed by atoms with van der Waals surface area (Å²) in [6.45, 7) is 7.45. The van der Waals surface area contributed by atoms with Crippen molar-refractivity contribution in [3.63, 3.8) is 0 Å². The molecule has 0 aromatic carbocycles. The third kappa shape index (κ3) is 4.92. The van der Waals surface area contributed by atoms with E-state index in [1.165, 1.54) is 11.3 Å². The number of carbonyl (C=O) groups is 2. The number of thiophene rings is 1. The van der Waals surface area contributed by atoms with Gasteiger partial charge >= 0.3 is 0 Å². The van der Waals surface area contributed by atoms with Crippen LogP contribution in [0.1, 0.15) is 31.4 Å². The fourth-order valence-corrected chi connectivity index (χ4v) is 2.80. The number of hydrogen-bond donors (Lipinski definition) is 1. The van der Waals surface area contributed by atoms with Gasteiger partial charge in [0, 0.05) is 16.5 Å². The lowest BCUT2D eigenvalue weighted by molar-refractivity contribution is -0.138. The number of aromatic nitrogens is 1. The summed E-state index contributed by atoms with van der Waals surface area (Å²) in [6.07, 6.45) is 0.297. The summed E-state index contributed by atoms with van der Waals surface area (Å²) in [5, 5.41) is 8.30. The predicted molar refractivity (Wildman–Crippen MR) is 89.4 cm³/mol. The normalized spacial score (nSPS) is 11.3. The second-order valence-corrected chi connectivity index (χ2v) is 7.31. The summed E-state index contributed by atoms with van der Waals surface area (Å²) in [7, 11) is 0. The Hall–Kier alpha value is -2.15. The number of amides is 2. The van der Waals surface area contributed by atoms with Gasteiger partial charge in [-0.05, 0) is 39.1 Å². The van der Waals surface area contributed by atoms with Crippen molar-refractivity contribution >= 4 is 29.0 Å². The number of aryl methyl sites for hydroxylation is 1. The Labute approximate surface area is 139 Å². The van der Waals surface area contributed by atoms with E-state index in [0.29, 0.717) is 18.0 Å². The monoisotopic (exact) mass is 335 g/mol. The molecule has 2 rings (SSSR count). The van der Waals surface area contributed by atoms with Gasteiger partial charge in [-0.25, -0.2) is 0 Å². The van der Waals surface area contributed by atoms with E-state index in [9.17, 15) is 9.59 Å². The molecular weight excluding hydrogens is 314 g/mol. The van der Waals surface area contributed by atoms with Gasteiger partial charge in [0.2, 0.25) is 11.8 Å². The van der Waals surface area contributed by atoms with Crippen molar-refractivity contribution in [2.24, 2.45) is 0 Å². The first-order valence-electron chi connectivity index (χ1n) is 7.32. The minimum atomic E-state index is -0.453. The third-order valence-corrected chi connectivity index (χ3v) is 4.09. The second kappa shape index (κ2) is 6.95. The average Bonchev–Trinajstić information content (AvgIpc) is 3.06. The molecule has 0 unspecified atom stereocenters. The van der Waals surface area contributed by atoms with E-state index in [4.69, 9.17) is 4.52 Å². The Morgan fingerprint density at radius 1 is 1.39 bits per heavy atom. The second-order valence-electron chi connectivity index (χ2n) is 6.28. The lowest BCUT2D eigenvalue weighted by Crippen LogP contribution is -2.49. The van der Waals surface area contributed by atoms with Gasteiger partial charge in [-0.2, -0.15) is 0 Å². The highest BCUT2D eigenvalue weighted by molar-refractivity contribution is 7.10. The van der Waals surface area contributed by atoms with E-state index in [1.807, 2.05) is 38.3 Å². The van der Waals surface area contributed by atoms with E-state index >= 15 is 0 Å². The van der Waals surface area contributed by atoms with Gasteiger partial charge < -0.3 is 14.7 Å². The van der Waals surface area contributed by atoms with Gasteiger partial charge in [-0.1, -0.05) is 11.2 Å². The van der Waals surface area contributed by atoms with E-state index in [1.54, 1.807) is 17.9 Å². The lowest BCUT2D eigenvalue weighted by atomic mass is 10.0. The molecule has 0 saturated carbocycles. The van der Waals surface area contributed by atoms with Gasteiger partial charge in [-0.15, -0.1) is 11.3 Å². The van der Waals surface area contributed by atoms with Crippen molar-refractivity contribution in [3.8, 4) is 0 Å². The molecule has 0 atom stereocenters. The first kappa shape index (κ1) is 17.2. The molecule has 0 aliphatic carbocycles. The molecule has 0 saturated heterocycles. The molecule has 0 radical (unpaired) electrons. The number of hydrogen-bond acceptors (Lipinski definition) is 5. The van der Waals surface area contributed by atoms with Crippen LogP contribution in [0.5, 0.6) is 0 Å². The van der Waals surface area contributed by atoms with Crippen LogP contribution in [0.4, 0.5) is 5.82 Å². The largest absolute Gasteiger partial charge is 0.360 e. The van der Waals surface area contributed by atoms with Gasteiger partial charge in [0.05, 0.1) is 6.42 Å². The van der Waals surface area contributed by atoms with Crippen LogP contribution in [0.2, 0.25) is 0 Å². The molecule has 23 heavy (non-hydrogen) atoms. The number of nitrogens with one attached hydrogen (secondary N) is 1. The van der Waals surface area contributed by atoms with Crippen molar-refractivity contribution in [2.75, 3.05) is 11.9 Å². The zero-order chi connectivity index (χ0) is 17.0. The van der Waals surface area contributed by atoms with Crippen LogP contribution < -0.4 is 5.32 Å². The third-order valence-electron chi connectivity index (χ3n) is 3.21. The smallest absolute Gasteiger partial charge is 0.245 e. The van der Waals surface area contributed by atoms with Crippen LogP contribution >= 0.6 is 11.3 Å². The molecule has 0 aliphatic heterocycles. The fourth-order valence-electron chi connectivity index (χ4n) is 2.11. The first-order chi connectivity index (χ1) is 10.8. The molecule has 1 N–H and O–H groups in total. The minimum Gasteiger partial charge on any atom is -0.360 e. The van der Waals surface area contributed by atoms with Crippen molar-refractivity contribution in [1.82, 2.24) is 10.1 Å². The van der Waals surface area contributed by atoms with Gasteiger partial charge in [-0.3, -0.25) is 9.59 Å². The molecule has 0 fully saturated rings. The summed E-state index contributed by atoms with van der Waals surface area (Å²) in [6, 6.07) is 5.46. The average molecular weight is 335 g/mol. The summed E-state index contributed by atoms with van der Waals surface area (Å²) < 4.78 is 4.91. The maximum absolute atomic E-state index is 12.6. The molecule has 124 valence electrons. The zero-order valence-electron chi connectivity index (χ0n) is 13.8. The van der Waals surface area contributed by atoms with Crippen LogP contribution in [0.25, 0.3) is 0 Å². The van der Waals surface area contributed by atoms with Crippen LogP contribution in [0.3, 0.4) is 0 Å². The van der Waals surface area contributed by atoms with Crippen molar-refractivity contribution in [2.45, 2.75) is 39.7 Å². The van der Waals surface area contributed by atoms with E-state index < -0.39 is 5.54 Å². The highest BCUT2D eigenvalue weighted by Crippen LogP contribution is 2.18. The minimum absolute atomic E-state index is 0.0282. The summed E-state index contributed by atoms with van der Waals surface area (Å²) in [5.41, 5.74) is -0.453. The fraction of sp³-hybridized carbons (Fsp3) is 0.438. The molecular formula is C16H21N3O3S. The summed E-state index contributed by atoms with van der Waals surface area (Å²) >= 11 is 1.53.